The van der Waals surface area contributed by atoms with Gasteiger partial charge in [-0.25, -0.2) is 9.18 Å². The molecule has 0 amide bonds. The van der Waals surface area contributed by atoms with Gasteiger partial charge >= 0.3 is 5.97 Å². The predicted octanol–water partition coefficient (Wildman–Crippen LogP) is 3.30. The molecule has 0 atom stereocenters. The maximum Gasteiger partial charge on any atom is 0.331 e. The molecule has 0 fully saturated rings. The van der Waals surface area contributed by atoms with Gasteiger partial charge in [-0.1, -0.05) is 0 Å². The number of benzene rings is 2. The number of Topliss-reactive ketones (excluding diaryl/α,β-unsaturated/α-hetero) is 1. The fourth-order valence-corrected chi connectivity index (χ4v) is 2.52. The molecular formula is C21H21FO7. The molecule has 8 heteroatoms. The molecule has 0 aliphatic carbocycles. The Hall–Kier alpha value is -3.55. The van der Waals surface area contributed by atoms with Gasteiger partial charge in [-0.05, 0) is 42.0 Å². The fraction of sp³-hybridized carbons (Fsp3) is 0.238. The molecular weight excluding hydrogens is 383 g/mol. The Morgan fingerprint density at radius 2 is 1.52 bits per heavy atom. The van der Waals surface area contributed by atoms with E-state index in [-0.39, 0.29) is 11.3 Å². The van der Waals surface area contributed by atoms with Crippen molar-refractivity contribution in [1.82, 2.24) is 0 Å². The Balaban J connectivity index is 2.07. The van der Waals surface area contributed by atoms with Crippen LogP contribution in [0.1, 0.15) is 15.9 Å². The van der Waals surface area contributed by atoms with E-state index in [4.69, 9.17) is 23.7 Å². The summed E-state index contributed by atoms with van der Waals surface area (Å²) in [5.74, 6) is -0.465. The number of carbonyl (C=O) groups excluding carboxylic acids is 2. The Labute approximate surface area is 167 Å². The largest absolute Gasteiger partial charge is 0.496 e. The Morgan fingerprint density at radius 3 is 2.07 bits per heavy atom. The summed E-state index contributed by atoms with van der Waals surface area (Å²) < 4.78 is 39.0. The molecule has 0 N–H and O–H groups in total. The molecule has 0 aliphatic heterocycles. The molecule has 7 nitrogen and oxygen atoms in total. The van der Waals surface area contributed by atoms with Crippen LogP contribution < -0.4 is 18.9 Å². The number of ether oxygens (including phenoxy) is 5. The third kappa shape index (κ3) is 5.47. The van der Waals surface area contributed by atoms with Gasteiger partial charge in [0.25, 0.3) is 0 Å². The van der Waals surface area contributed by atoms with Crippen molar-refractivity contribution in [2.75, 3.05) is 35.0 Å². The second kappa shape index (κ2) is 10.1. The second-order valence-electron chi connectivity index (χ2n) is 5.67. The van der Waals surface area contributed by atoms with E-state index in [1.54, 1.807) is 12.1 Å². The maximum atomic E-state index is 13.4. The summed E-state index contributed by atoms with van der Waals surface area (Å²) in [5, 5.41) is 0. The topological polar surface area (TPSA) is 80.3 Å². The van der Waals surface area contributed by atoms with Crippen LogP contribution in [0.5, 0.6) is 23.0 Å². The Morgan fingerprint density at radius 1 is 0.897 bits per heavy atom. The highest BCUT2D eigenvalue weighted by Gasteiger charge is 2.15. The van der Waals surface area contributed by atoms with Crippen molar-refractivity contribution in [2.45, 2.75) is 0 Å². The van der Waals surface area contributed by atoms with Gasteiger partial charge in [0, 0.05) is 6.08 Å². The van der Waals surface area contributed by atoms with E-state index in [1.165, 1.54) is 46.6 Å². The fourth-order valence-electron chi connectivity index (χ4n) is 2.52. The van der Waals surface area contributed by atoms with Gasteiger partial charge in [-0.2, -0.15) is 0 Å². The van der Waals surface area contributed by atoms with Crippen LogP contribution in [0.15, 0.2) is 36.4 Å². The van der Waals surface area contributed by atoms with E-state index in [9.17, 15) is 14.0 Å². The summed E-state index contributed by atoms with van der Waals surface area (Å²) in [5.41, 5.74) is 0.587. The zero-order valence-corrected chi connectivity index (χ0v) is 16.5. The third-order valence-electron chi connectivity index (χ3n) is 3.91. The van der Waals surface area contributed by atoms with Crippen LogP contribution in [0.2, 0.25) is 0 Å². The molecule has 0 bridgehead atoms. The highest BCUT2D eigenvalue weighted by molar-refractivity contribution is 6.01. The zero-order valence-electron chi connectivity index (χ0n) is 16.5. The molecule has 29 heavy (non-hydrogen) atoms. The molecule has 154 valence electrons. The van der Waals surface area contributed by atoms with Crippen molar-refractivity contribution in [2.24, 2.45) is 0 Å². The number of ketones is 1. The van der Waals surface area contributed by atoms with Gasteiger partial charge < -0.3 is 23.7 Å². The molecule has 0 saturated carbocycles. The third-order valence-corrected chi connectivity index (χ3v) is 3.91. The summed E-state index contributed by atoms with van der Waals surface area (Å²) in [6.07, 6.45) is 2.62. The summed E-state index contributed by atoms with van der Waals surface area (Å²) >= 11 is 0. The van der Waals surface area contributed by atoms with Crippen molar-refractivity contribution in [3.63, 3.8) is 0 Å². The molecule has 0 unspecified atom stereocenters. The van der Waals surface area contributed by atoms with Crippen LogP contribution in [-0.4, -0.2) is 46.8 Å². The lowest BCUT2D eigenvalue weighted by Gasteiger charge is -2.12. The van der Waals surface area contributed by atoms with Crippen LogP contribution in [0.3, 0.4) is 0 Å². The zero-order chi connectivity index (χ0) is 21.4. The summed E-state index contributed by atoms with van der Waals surface area (Å²) in [7, 11) is 5.80. The number of halogens is 1. The molecule has 0 saturated heterocycles. The Bertz CT molecular complexity index is 896. The van der Waals surface area contributed by atoms with E-state index in [2.05, 4.69) is 0 Å². The van der Waals surface area contributed by atoms with E-state index in [0.29, 0.717) is 22.8 Å². The van der Waals surface area contributed by atoms with E-state index >= 15 is 0 Å². The minimum absolute atomic E-state index is 0.00564. The van der Waals surface area contributed by atoms with Gasteiger partial charge in [0.15, 0.2) is 18.1 Å². The summed E-state index contributed by atoms with van der Waals surface area (Å²) in [6, 6.07) is 6.82. The number of carbonyl (C=O) groups is 2. The minimum atomic E-state index is -0.748. The summed E-state index contributed by atoms with van der Waals surface area (Å²) in [6.45, 7) is -0.557. The minimum Gasteiger partial charge on any atom is -0.496 e. The molecule has 2 aromatic rings. The maximum absolute atomic E-state index is 13.4. The quantitative estimate of drug-likeness (QED) is 0.360. The molecule has 2 rings (SSSR count). The van der Waals surface area contributed by atoms with Gasteiger partial charge in [-0.15, -0.1) is 0 Å². The number of methoxy groups -OCH3 is 4. The van der Waals surface area contributed by atoms with Crippen LogP contribution in [-0.2, 0) is 9.53 Å². The van der Waals surface area contributed by atoms with Gasteiger partial charge in [0.1, 0.15) is 11.6 Å². The van der Waals surface area contributed by atoms with Gasteiger partial charge in [0.2, 0.25) is 11.5 Å². The lowest BCUT2D eigenvalue weighted by Crippen LogP contribution is -2.13. The second-order valence-corrected chi connectivity index (χ2v) is 5.67. The molecule has 0 heterocycles. The smallest absolute Gasteiger partial charge is 0.331 e. The van der Waals surface area contributed by atoms with Crippen LogP contribution in [0.25, 0.3) is 6.08 Å². The number of esters is 1. The number of hydrogen-bond donors (Lipinski definition) is 0. The van der Waals surface area contributed by atoms with Crippen molar-refractivity contribution >= 4 is 17.8 Å². The number of hydrogen-bond acceptors (Lipinski definition) is 7. The summed E-state index contributed by atoms with van der Waals surface area (Å²) in [4.78, 5) is 24.1. The lowest BCUT2D eigenvalue weighted by atomic mass is 10.1. The van der Waals surface area contributed by atoms with Crippen molar-refractivity contribution < 1.29 is 37.7 Å². The molecule has 0 radical (unpaired) electrons. The molecule has 0 aliphatic rings. The first-order valence-corrected chi connectivity index (χ1v) is 8.45. The number of rotatable bonds is 9. The van der Waals surface area contributed by atoms with E-state index < -0.39 is 24.2 Å². The highest BCUT2D eigenvalue weighted by atomic mass is 19.1. The van der Waals surface area contributed by atoms with Crippen molar-refractivity contribution in [1.29, 1.82) is 0 Å². The standard InChI is InChI=1S/C21H21FO7/c1-25-17-7-6-14(22)11-15(17)16(23)12-29-20(24)8-5-13-9-18(26-2)21(28-4)19(10-13)27-3/h5-11H,12H2,1-4H3/b8-5+. The first-order valence-electron chi connectivity index (χ1n) is 8.45. The SMILES string of the molecule is COc1ccc(F)cc1C(=O)COC(=O)/C=C/c1cc(OC)c(OC)c(OC)c1. The van der Waals surface area contributed by atoms with E-state index in [1.807, 2.05) is 0 Å². The average Bonchev–Trinajstić information content (AvgIpc) is 2.74. The predicted molar refractivity (Wildman–Crippen MR) is 103 cm³/mol. The molecule has 0 aromatic heterocycles. The average molecular weight is 404 g/mol. The van der Waals surface area contributed by atoms with Gasteiger partial charge in [-0.3, -0.25) is 4.79 Å². The van der Waals surface area contributed by atoms with Crippen LogP contribution in [0, 0.1) is 5.82 Å². The first kappa shape index (κ1) is 21.7. The van der Waals surface area contributed by atoms with Crippen molar-refractivity contribution in [3.05, 3.63) is 53.4 Å². The van der Waals surface area contributed by atoms with Crippen molar-refractivity contribution in [3.8, 4) is 23.0 Å². The van der Waals surface area contributed by atoms with Crippen LogP contribution >= 0.6 is 0 Å². The highest BCUT2D eigenvalue weighted by Crippen LogP contribution is 2.38. The first-order chi connectivity index (χ1) is 13.9. The lowest BCUT2D eigenvalue weighted by molar-refractivity contribution is -0.136. The van der Waals surface area contributed by atoms with Gasteiger partial charge in [0.05, 0.1) is 34.0 Å². The van der Waals surface area contributed by atoms with E-state index in [0.717, 1.165) is 12.1 Å². The monoisotopic (exact) mass is 404 g/mol. The normalized spacial score (nSPS) is 10.5. The Kier molecular flexibility index (Phi) is 7.59. The molecule has 0 spiro atoms. The molecule has 2 aromatic carbocycles. The van der Waals surface area contributed by atoms with Crippen LogP contribution in [0.4, 0.5) is 4.39 Å².